The van der Waals surface area contributed by atoms with Crippen LogP contribution >= 0.6 is 39.5 Å². The molecule has 0 unspecified atom stereocenters. The Kier molecular flexibility index (Phi) is 7.44. The van der Waals surface area contributed by atoms with Gasteiger partial charge in [0.1, 0.15) is 0 Å². The third kappa shape index (κ3) is 6.06. The molecule has 3 aromatic carbocycles. The van der Waals surface area contributed by atoms with Crippen molar-refractivity contribution >= 4 is 39.5 Å². The van der Waals surface area contributed by atoms with E-state index < -0.39 is 6.10 Å². The van der Waals surface area contributed by atoms with E-state index in [1.807, 2.05) is 60.7 Å². The minimum absolute atomic E-state index is 0.518. The van der Waals surface area contributed by atoms with E-state index in [1.165, 1.54) is 9.79 Å². The average molecular weight is 443 g/mol. The standard InChI is InChI=1S/C22H19BrOS2/c23-18-9-7-8-17(16-18)21(24)14-15-22(25-19-10-3-1-4-11-19)26-20-12-5-2-6-13-20/h1-13,15-16,21,24H,14H2/t21-/m0/s1. The van der Waals surface area contributed by atoms with Crippen molar-refractivity contribution in [1.29, 1.82) is 0 Å². The van der Waals surface area contributed by atoms with Crippen LogP contribution in [0.15, 0.2) is 110 Å². The number of thioether (sulfide) groups is 2. The zero-order valence-corrected chi connectivity index (χ0v) is 17.3. The molecule has 0 saturated carbocycles. The minimum Gasteiger partial charge on any atom is -0.388 e. The van der Waals surface area contributed by atoms with Crippen LogP contribution < -0.4 is 0 Å². The maximum atomic E-state index is 10.5. The number of benzene rings is 3. The van der Waals surface area contributed by atoms with Gasteiger partial charge in [-0.2, -0.15) is 0 Å². The molecule has 0 spiro atoms. The molecule has 3 rings (SSSR count). The molecule has 1 atom stereocenters. The lowest BCUT2D eigenvalue weighted by atomic mass is 10.1. The quantitative estimate of drug-likeness (QED) is 0.387. The van der Waals surface area contributed by atoms with Gasteiger partial charge in [0.05, 0.1) is 6.10 Å². The molecule has 0 aromatic heterocycles. The maximum Gasteiger partial charge on any atom is 0.0825 e. The Labute approximate surface area is 171 Å². The molecular weight excluding hydrogens is 424 g/mol. The second-order valence-corrected chi connectivity index (χ2v) is 9.06. The molecule has 0 bridgehead atoms. The van der Waals surface area contributed by atoms with Gasteiger partial charge >= 0.3 is 0 Å². The summed E-state index contributed by atoms with van der Waals surface area (Å²) >= 11 is 6.92. The van der Waals surface area contributed by atoms with Crippen molar-refractivity contribution in [3.05, 3.63) is 105 Å². The first-order chi connectivity index (χ1) is 12.7. The summed E-state index contributed by atoms with van der Waals surface area (Å²) in [6.45, 7) is 0. The largest absolute Gasteiger partial charge is 0.388 e. The highest BCUT2D eigenvalue weighted by Gasteiger charge is 2.09. The third-order valence-corrected chi connectivity index (χ3v) is 6.41. The molecular formula is C22H19BrOS2. The normalized spacial score (nSPS) is 11.8. The fourth-order valence-electron chi connectivity index (χ4n) is 2.37. The van der Waals surface area contributed by atoms with Crippen LogP contribution in [0.1, 0.15) is 18.1 Å². The predicted octanol–water partition coefficient (Wildman–Crippen LogP) is 7.30. The van der Waals surface area contributed by atoms with E-state index in [1.54, 1.807) is 23.5 Å². The summed E-state index contributed by atoms with van der Waals surface area (Å²) in [6, 6.07) is 28.5. The van der Waals surface area contributed by atoms with Gasteiger partial charge < -0.3 is 5.11 Å². The van der Waals surface area contributed by atoms with Crippen molar-refractivity contribution in [3.63, 3.8) is 0 Å². The highest BCUT2D eigenvalue weighted by molar-refractivity contribution is 9.10. The van der Waals surface area contributed by atoms with Crippen molar-refractivity contribution in [2.24, 2.45) is 0 Å². The van der Waals surface area contributed by atoms with Crippen LogP contribution in [0, 0.1) is 0 Å². The summed E-state index contributed by atoms with van der Waals surface area (Å²) in [6.07, 6.45) is 2.18. The van der Waals surface area contributed by atoms with Gasteiger partial charge in [-0.3, -0.25) is 0 Å². The van der Waals surface area contributed by atoms with Gasteiger partial charge in [-0.1, -0.05) is 94.1 Å². The summed E-state index contributed by atoms with van der Waals surface area (Å²) in [7, 11) is 0. The maximum absolute atomic E-state index is 10.5. The Hall–Kier alpha value is -1.46. The molecule has 0 fully saturated rings. The summed E-state index contributed by atoms with van der Waals surface area (Å²) in [5.41, 5.74) is 0.921. The molecule has 1 N–H and O–H groups in total. The highest BCUT2D eigenvalue weighted by atomic mass is 79.9. The summed E-state index contributed by atoms with van der Waals surface area (Å²) in [4.78, 5) is 2.39. The number of aliphatic hydroxyl groups is 1. The fraction of sp³-hybridized carbons (Fsp3) is 0.0909. The lowest BCUT2D eigenvalue weighted by Crippen LogP contribution is -1.95. The Bertz CT molecular complexity index is 807. The van der Waals surface area contributed by atoms with Crippen LogP contribution in [-0.4, -0.2) is 5.11 Å². The van der Waals surface area contributed by atoms with Crippen molar-refractivity contribution in [2.45, 2.75) is 22.3 Å². The fourth-order valence-corrected chi connectivity index (χ4v) is 4.94. The Morgan fingerprint density at radius 2 is 1.42 bits per heavy atom. The number of hydrogen-bond acceptors (Lipinski definition) is 3. The van der Waals surface area contributed by atoms with Gasteiger partial charge in [-0.25, -0.2) is 0 Å². The minimum atomic E-state index is -0.518. The van der Waals surface area contributed by atoms with E-state index in [4.69, 9.17) is 0 Å². The molecule has 4 heteroatoms. The zero-order valence-electron chi connectivity index (χ0n) is 14.1. The molecule has 0 aliphatic carbocycles. The lowest BCUT2D eigenvalue weighted by molar-refractivity contribution is 0.181. The lowest BCUT2D eigenvalue weighted by Gasteiger charge is -2.11. The van der Waals surface area contributed by atoms with Crippen LogP contribution in [0.4, 0.5) is 0 Å². The molecule has 0 aliphatic rings. The first-order valence-electron chi connectivity index (χ1n) is 8.30. The van der Waals surface area contributed by atoms with Crippen LogP contribution in [0.3, 0.4) is 0 Å². The predicted molar refractivity (Wildman–Crippen MR) is 116 cm³/mol. The molecule has 0 radical (unpaired) electrons. The van der Waals surface area contributed by atoms with Crippen LogP contribution in [0.25, 0.3) is 0 Å². The van der Waals surface area contributed by atoms with Gasteiger partial charge in [-0.15, -0.1) is 0 Å². The highest BCUT2D eigenvalue weighted by Crippen LogP contribution is 2.40. The van der Waals surface area contributed by atoms with Crippen LogP contribution in [-0.2, 0) is 0 Å². The van der Waals surface area contributed by atoms with E-state index in [9.17, 15) is 5.11 Å². The first-order valence-corrected chi connectivity index (χ1v) is 10.7. The monoisotopic (exact) mass is 442 g/mol. The summed E-state index contributed by atoms with van der Waals surface area (Å²) < 4.78 is 2.15. The molecule has 132 valence electrons. The first kappa shape index (κ1) is 19.3. The zero-order chi connectivity index (χ0) is 18.2. The van der Waals surface area contributed by atoms with Gasteiger partial charge in [0.25, 0.3) is 0 Å². The third-order valence-electron chi connectivity index (χ3n) is 3.66. The number of hydrogen-bond donors (Lipinski definition) is 1. The van der Waals surface area contributed by atoms with E-state index in [0.717, 1.165) is 14.3 Å². The van der Waals surface area contributed by atoms with Crippen molar-refractivity contribution < 1.29 is 5.11 Å². The number of aliphatic hydroxyl groups excluding tert-OH is 1. The van der Waals surface area contributed by atoms with Crippen molar-refractivity contribution in [3.8, 4) is 0 Å². The molecule has 26 heavy (non-hydrogen) atoms. The van der Waals surface area contributed by atoms with E-state index in [2.05, 4.69) is 46.3 Å². The van der Waals surface area contributed by atoms with E-state index in [-0.39, 0.29) is 0 Å². The van der Waals surface area contributed by atoms with E-state index >= 15 is 0 Å². The molecule has 0 heterocycles. The Balaban J connectivity index is 1.76. The van der Waals surface area contributed by atoms with Gasteiger partial charge in [0, 0.05) is 18.5 Å². The van der Waals surface area contributed by atoms with Gasteiger partial charge in [0.15, 0.2) is 0 Å². The number of halogens is 1. The second kappa shape index (κ2) is 10.0. The molecule has 0 amide bonds. The number of rotatable bonds is 7. The summed E-state index contributed by atoms with van der Waals surface area (Å²) in [5.74, 6) is 0. The van der Waals surface area contributed by atoms with E-state index in [0.29, 0.717) is 6.42 Å². The topological polar surface area (TPSA) is 20.2 Å². The average Bonchev–Trinajstić information content (AvgIpc) is 2.67. The summed E-state index contributed by atoms with van der Waals surface area (Å²) in [5, 5.41) is 10.5. The Morgan fingerprint density at radius 1 is 0.846 bits per heavy atom. The van der Waals surface area contributed by atoms with Crippen LogP contribution in [0.2, 0.25) is 0 Å². The van der Waals surface area contributed by atoms with Crippen molar-refractivity contribution in [1.82, 2.24) is 0 Å². The SMILES string of the molecule is O[C@@H](CC=C(Sc1ccccc1)Sc1ccccc1)c1cccc(Br)c1. The van der Waals surface area contributed by atoms with Gasteiger partial charge in [-0.05, 0) is 48.4 Å². The Morgan fingerprint density at radius 3 is 1.96 bits per heavy atom. The van der Waals surface area contributed by atoms with Crippen molar-refractivity contribution in [2.75, 3.05) is 0 Å². The van der Waals surface area contributed by atoms with Crippen LogP contribution in [0.5, 0.6) is 0 Å². The molecule has 0 saturated heterocycles. The molecule has 1 nitrogen and oxygen atoms in total. The van der Waals surface area contributed by atoms with Gasteiger partial charge in [0.2, 0.25) is 0 Å². The molecule has 0 aliphatic heterocycles. The molecule has 3 aromatic rings. The smallest absolute Gasteiger partial charge is 0.0825 e. The second-order valence-electron chi connectivity index (χ2n) is 5.66.